The van der Waals surface area contributed by atoms with E-state index >= 15 is 0 Å². The molecule has 26 heavy (non-hydrogen) atoms. The molecule has 0 aliphatic carbocycles. The fraction of sp³-hybridized carbons (Fsp3) is 0.550. The number of hydrogen-bond donors (Lipinski definition) is 1. The van der Waals surface area contributed by atoms with E-state index in [1.165, 1.54) is 0 Å². The van der Waals surface area contributed by atoms with Gasteiger partial charge in [0.25, 0.3) is 0 Å². The highest BCUT2D eigenvalue weighted by molar-refractivity contribution is 5.86. The van der Waals surface area contributed by atoms with Crippen molar-refractivity contribution in [1.29, 1.82) is 5.26 Å². The lowest BCUT2D eigenvalue weighted by molar-refractivity contribution is -0.134. The second kappa shape index (κ2) is 8.70. The molecule has 2 rings (SSSR count). The number of ether oxygens (including phenoxy) is 1. The maximum absolute atomic E-state index is 12.9. The molecule has 1 saturated heterocycles. The predicted octanol–water partition coefficient (Wildman–Crippen LogP) is 3.01. The van der Waals surface area contributed by atoms with Crippen LogP contribution in [0.4, 0.5) is 4.79 Å². The number of nitriles is 1. The molecule has 0 saturated carbocycles. The summed E-state index contributed by atoms with van der Waals surface area (Å²) in [6.07, 6.45) is 2.87. The van der Waals surface area contributed by atoms with Gasteiger partial charge in [-0.1, -0.05) is 12.1 Å². The normalized spacial score (nSPS) is 15.7. The molecule has 1 aliphatic rings. The Hall–Kier alpha value is -2.55. The van der Waals surface area contributed by atoms with Crippen LogP contribution in [0.5, 0.6) is 0 Å². The summed E-state index contributed by atoms with van der Waals surface area (Å²) in [5, 5.41) is 11.6. The zero-order valence-corrected chi connectivity index (χ0v) is 15.7. The van der Waals surface area contributed by atoms with Crippen molar-refractivity contribution in [2.75, 3.05) is 13.1 Å². The van der Waals surface area contributed by atoms with Crippen LogP contribution in [0.25, 0.3) is 0 Å². The van der Waals surface area contributed by atoms with E-state index in [1.54, 1.807) is 32.9 Å². The van der Waals surface area contributed by atoms with Crippen molar-refractivity contribution in [3.05, 3.63) is 35.4 Å². The van der Waals surface area contributed by atoms with Gasteiger partial charge >= 0.3 is 6.09 Å². The number of rotatable bonds is 4. The topological polar surface area (TPSA) is 82.4 Å². The van der Waals surface area contributed by atoms with Crippen LogP contribution in [0.3, 0.4) is 0 Å². The van der Waals surface area contributed by atoms with E-state index in [1.807, 2.05) is 17.0 Å². The Morgan fingerprint density at radius 2 is 1.81 bits per heavy atom. The maximum Gasteiger partial charge on any atom is 0.408 e. The molecule has 140 valence electrons. The van der Waals surface area contributed by atoms with Gasteiger partial charge in [0.1, 0.15) is 11.6 Å². The van der Waals surface area contributed by atoms with Gasteiger partial charge in [-0.15, -0.1) is 0 Å². The molecule has 0 unspecified atom stereocenters. The summed E-state index contributed by atoms with van der Waals surface area (Å²) in [7, 11) is 0. The smallest absolute Gasteiger partial charge is 0.408 e. The summed E-state index contributed by atoms with van der Waals surface area (Å²) < 4.78 is 5.32. The molecule has 1 aromatic rings. The lowest BCUT2D eigenvalue weighted by atomic mass is 10.0. The first-order valence-corrected chi connectivity index (χ1v) is 9.06. The number of nitrogens with one attached hydrogen (secondary N) is 1. The van der Waals surface area contributed by atoms with Crippen molar-refractivity contribution >= 4 is 12.0 Å². The van der Waals surface area contributed by atoms with Gasteiger partial charge in [-0.05, 0) is 57.7 Å². The van der Waals surface area contributed by atoms with E-state index in [0.29, 0.717) is 12.0 Å². The molecule has 1 heterocycles. The first kappa shape index (κ1) is 19.8. The van der Waals surface area contributed by atoms with Crippen LogP contribution in [0.15, 0.2) is 24.3 Å². The van der Waals surface area contributed by atoms with Gasteiger partial charge in [0.2, 0.25) is 5.91 Å². The minimum absolute atomic E-state index is 0.0834. The van der Waals surface area contributed by atoms with Crippen LogP contribution in [0.1, 0.15) is 51.2 Å². The number of hydrogen-bond acceptors (Lipinski definition) is 4. The summed E-state index contributed by atoms with van der Waals surface area (Å²) in [6, 6.07) is 8.44. The number of carbonyl (C=O) groups is 2. The van der Waals surface area contributed by atoms with Crippen molar-refractivity contribution in [2.45, 2.75) is 58.1 Å². The highest BCUT2D eigenvalue weighted by Gasteiger charge is 2.29. The van der Waals surface area contributed by atoms with Crippen LogP contribution < -0.4 is 5.32 Å². The molecule has 1 aromatic carbocycles. The van der Waals surface area contributed by atoms with E-state index in [4.69, 9.17) is 10.00 Å². The highest BCUT2D eigenvalue weighted by Crippen LogP contribution is 2.14. The molecular formula is C20H27N3O3. The Bertz CT molecular complexity index is 665. The lowest BCUT2D eigenvalue weighted by Gasteiger charge is -2.31. The average Bonchev–Trinajstić information content (AvgIpc) is 2.60. The van der Waals surface area contributed by atoms with Crippen LogP contribution in [0, 0.1) is 11.3 Å². The molecule has 6 heteroatoms. The number of piperidine rings is 1. The molecule has 0 spiro atoms. The van der Waals surface area contributed by atoms with Crippen LogP contribution in [-0.4, -0.2) is 41.6 Å². The average molecular weight is 357 g/mol. The predicted molar refractivity (Wildman–Crippen MR) is 98.4 cm³/mol. The summed E-state index contributed by atoms with van der Waals surface area (Å²) in [4.78, 5) is 26.9. The highest BCUT2D eigenvalue weighted by atomic mass is 16.6. The molecule has 6 nitrogen and oxygen atoms in total. The molecule has 0 radical (unpaired) electrons. The van der Waals surface area contributed by atoms with Crippen molar-refractivity contribution < 1.29 is 14.3 Å². The van der Waals surface area contributed by atoms with Crippen LogP contribution >= 0.6 is 0 Å². The minimum Gasteiger partial charge on any atom is -0.444 e. The van der Waals surface area contributed by atoms with Crippen molar-refractivity contribution in [3.8, 4) is 6.07 Å². The first-order chi connectivity index (χ1) is 12.3. The Labute approximate surface area is 155 Å². The van der Waals surface area contributed by atoms with Gasteiger partial charge in [0, 0.05) is 19.5 Å². The number of benzene rings is 1. The Kier molecular flexibility index (Phi) is 6.62. The number of alkyl carbamates (subject to hydrolysis) is 1. The maximum atomic E-state index is 12.9. The molecule has 1 atom stereocenters. The second-order valence-electron chi connectivity index (χ2n) is 7.60. The zero-order valence-electron chi connectivity index (χ0n) is 15.7. The monoisotopic (exact) mass is 357 g/mol. The van der Waals surface area contributed by atoms with Crippen molar-refractivity contribution in [2.24, 2.45) is 0 Å². The molecule has 0 bridgehead atoms. The standard InChI is InChI=1S/C20H27N3O3/c1-20(2,3)26-19(25)22-17(18(24)23-11-5-4-6-12-23)13-15-7-9-16(14-21)10-8-15/h7-10,17H,4-6,11-13H2,1-3H3,(H,22,25)/t17-/m1/s1. The van der Waals surface area contributed by atoms with Crippen LogP contribution in [-0.2, 0) is 16.0 Å². The van der Waals surface area contributed by atoms with Gasteiger partial charge in [-0.2, -0.15) is 5.26 Å². The fourth-order valence-electron chi connectivity index (χ4n) is 2.94. The number of nitrogens with zero attached hydrogens (tertiary/aromatic N) is 2. The summed E-state index contributed by atoms with van der Waals surface area (Å²) in [5.74, 6) is -0.0834. The Balaban J connectivity index is 2.12. The second-order valence-corrected chi connectivity index (χ2v) is 7.60. The molecule has 1 aliphatic heterocycles. The van der Waals surface area contributed by atoms with Crippen molar-refractivity contribution in [1.82, 2.24) is 10.2 Å². The van der Waals surface area contributed by atoms with Gasteiger partial charge in [0.15, 0.2) is 0 Å². The van der Waals surface area contributed by atoms with Crippen LogP contribution in [0.2, 0.25) is 0 Å². The van der Waals surface area contributed by atoms with Gasteiger partial charge in [-0.3, -0.25) is 4.79 Å². The summed E-state index contributed by atoms with van der Waals surface area (Å²) in [6.45, 7) is 6.80. The molecule has 1 N–H and O–H groups in total. The fourth-order valence-corrected chi connectivity index (χ4v) is 2.94. The zero-order chi connectivity index (χ0) is 19.2. The third-order valence-corrected chi connectivity index (χ3v) is 4.18. The third-order valence-electron chi connectivity index (χ3n) is 4.18. The SMILES string of the molecule is CC(C)(C)OC(=O)N[C@H](Cc1ccc(C#N)cc1)C(=O)N1CCCCC1. The quantitative estimate of drug-likeness (QED) is 0.898. The van der Waals surface area contributed by atoms with E-state index in [-0.39, 0.29) is 5.91 Å². The third kappa shape index (κ3) is 6.07. The number of likely N-dealkylation sites (tertiary alicyclic amines) is 1. The minimum atomic E-state index is -0.684. The van der Waals surface area contributed by atoms with Crippen molar-refractivity contribution in [3.63, 3.8) is 0 Å². The van der Waals surface area contributed by atoms with Gasteiger partial charge in [0.05, 0.1) is 11.6 Å². The van der Waals surface area contributed by atoms with E-state index in [0.717, 1.165) is 37.9 Å². The van der Waals surface area contributed by atoms with Gasteiger partial charge in [-0.25, -0.2) is 4.79 Å². The van der Waals surface area contributed by atoms with E-state index in [2.05, 4.69) is 11.4 Å². The first-order valence-electron chi connectivity index (χ1n) is 9.06. The van der Waals surface area contributed by atoms with Gasteiger partial charge < -0.3 is 15.0 Å². The molecule has 2 amide bonds. The number of amides is 2. The summed E-state index contributed by atoms with van der Waals surface area (Å²) >= 11 is 0. The lowest BCUT2D eigenvalue weighted by Crippen LogP contribution is -2.51. The Morgan fingerprint density at radius 1 is 1.19 bits per heavy atom. The van der Waals surface area contributed by atoms with E-state index in [9.17, 15) is 9.59 Å². The Morgan fingerprint density at radius 3 is 2.35 bits per heavy atom. The van der Waals surface area contributed by atoms with E-state index < -0.39 is 17.7 Å². The molecular weight excluding hydrogens is 330 g/mol. The largest absolute Gasteiger partial charge is 0.444 e. The molecule has 1 fully saturated rings. The molecule has 0 aromatic heterocycles. The summed E-state index contributed by atoms with van der Waals surface area (Å²) in [5.41, 5.74) is 0.820. The number of carbonyl (C=O) groups excluding carboxylic acids is 2.